The van der Waals surface area contributed by atoms with Crippen LogP contribution < -0.4 is 18.9 Å². The molecule has 7 rings (SSSR count). The Balaban J connectivity index is 1.12. The number of benzene rings is 7. The zero-order valence-electron chi connectivity index (χ0n) is 37.4. The van der Waals surface area contributed by atoms with Crippen LogP contribution >= 0.6 is 0 Å². The van der Waals surface area contributed by atoms with Gasteiger partial charge in [-0.1, -0.05) is 187 Å². The van der Waals surface area contributed by atoms with Crippen molar-refractivity contribution in [3.8, 4) is 23.0 Å². The fourth-order valence-electron chi connectivity index (χ4n) is 8.19. The van der Waals surface area contributed by atoms with E-state index in [2.05, 4.69) is 13.8 Å². The van der Waals surface area contributed by atoms with Gasteiger partial charge in [-0.2, -0.15) is 0 Å². The SMILES string of the molecule is CCCCCCCC(=O)OC(COc1cccc2ccccc12)COc1c2ccccc2c(OCC(COc2cccc3ccccc23)OC(=O)CCCCCCC)c2ccccc12. The average Bonchev–Trinajstić information content (AvgIpc) is 3.33. The van der Waals surface area contributed by atoms with E-state index in [-0.39, 0.29) is 38.4 Å². The maximum absolute atomic E-state index is 13.3. The van der Waals surface area contributed by atoms with Crippen molar-refractivity contribution >= 4 is 55.0 Å². The quantitative estimate of drug-likeness (QED) is 0.0302. The molecule has 64 heavy (non-hydrogen) atoms. The highest BCUT2D eigenvalue weighted by atomic mass is 16.6. The van der Waals surface area contributed by atoms with Gasteiger partial charge in [0, 0.05) is 45.2 Å². The number of hydrogen-bond donors (Lipinski definition) is 0. The molecule has 8 nitrogen and oxygen atoms in total. The molecule has 0 spiro atoms. The maximum Gasteiger partial charge on any atom is 0.306 e. The van der Waals surface area contributed by atoms with Crippen LogP contribution in [0.4, 0.5) is 0 Å². The topological polar surface area (TPSA) is 89.5 Å². The lowest BCUT2D eigenvalue weighted by atomic mass is 10.0. The number of unbranched alkanes of at least 4 members (excludes halogenated alkanes) is 8. The number of esters is 2. The third kappa shape index (κ3) is 12.5. The normalized spacial score (nSPS) is 12.3. The van der Waals surface area contributed by atoms with Gasteiger partial charge in [0.2, 0.25) is 0 Å². The average molecular weight is 863 g/mol. The molecule has 0 aromatic heterocycles. The Labute approximate surface area is 377 Å². The van der Waals surface area contributed by atoms with Crippen LogP contribution in [-0.2, 0) is 19.1 Å². The molecule has 0 fully saturated rings. The summed E-state index contributed by atoms with van der Waals surface area (Å²) in [4.78, 5) is 26.5. The molecule has 7 aromatic rings. The molecule has 0 heterocycles. The lowest BCUT2D eigenvalue weighted by molar-refractivity contribution is -0.153. The zero-order valence-corrected chi connectivity index (χ0v) is 37.4. The molecule has 7 aromatic carbocycles. The van der Waals surface area contributed by atoms with Crippen LogP contribution in [0.1, 0.15) is 90.9 Å². The lowest BCUT2D eigenvalue weighted by Crippen LogP contribution is -2.31. The molecule has 0 aliphatic carbocycles. The Kier molecular flexibility index (Phi) is 17.1. The third-order valence-corrected chi connectivity index (χ3v) is 11.6. The van der Waals surface area contributed by atoms with Gasteiger partial charge in [-0.25, -0.2) is 0 Å². The van der Waals surface area contributed by atoms with Crippen LogP contribution in [0.5, 0.6) is 23.0 Å². The number of carbonyl (C=O) groups is 2. The van der Waals surface area contributed by atoms with E-state index < -0.39 is 12.2 Å². The standard InChI is InChI=1S/C56H62O8/c1-3-5-7-9-11-35-53(57)63-43(37-59-51-33-21-25-41-23-13-15-27-45(41)51)39-61-55-47-29-17-19-31-49(47)56(50-32-20-18-30-48(50)55)62-40-44(64-54(58)36-12-10-8-6-4-2)38-60-52-34-22-26-42-24-14-16-28-46(42)52/h13-34,43-44H,3-12,35-40H2,1-2H3. The second kappa shape index (κ2) is 24.0. The molecule has 0 aliphatic rings. The minimum atomic E-state index is -0.681. The first kappa shape index (κ1) is 45.7. The van der Waals surface area contributed by atoms with Crippen molar-refractivity contribution in [3.05, 3.63) is 133 Å². The molecule has 0 saturated heterocycles. The largest absolute Gasteiger partial charge is 0.489 e. The van der Waals surface area contributed by atoms with E-state index >= 15 is 0 Å². The summed E-state index contributed by atoms with van der Waals surface area (Å²) >= 11 is 0. The molecule has 0 radical (unpaired) electrons. The van der Waals surface area contributed by atoms with Crippen molar-refractivity contribution in [2.24, 2.45) is 0 Å². The van der Waals surface area contributed by atoms with E-state index in [1.54, 1.807) is 0 Å². The molecule has 2 atom stereocenters. The predicted molar refractivity (Wildman–Crippen MR) is 258 cm³/mol. The van der Waals surface area contributed by atoms with Crippen LogP contribution in [0.15, 0.2) is 133 Å². The van der Waals surface area contributed by atoms with Gasteiger partial charge < -0.3 is 28.4 Å². The molecule has 0 amide bonds. The summed E-state index contributed by atoms with van der Waals surface area (Å²) in [5.41, 5.74) is 0. The van der Waals surface area contributed by atoms with Gasteiger partial charge in [-0.3, -0.25) is 9.59 Å². The van der Waals surface area contributed by atoms with Crippen LogP contribution in [0, 0.1) is 0 Å². The first-order valence-electron chi connectivity index (χ1n) is 23.3. The van der Waals surface area contributed by atoms with E-state index in [0.29, 0.717) is 24.3 Å². The molecule has 8 heteroatoms. The monoisotopic (exact) mass is 862 g/mol. The number of hydrogen-bond acceptors (Lipinski definition) is 8. The smallest absolute Gasteiger partial charge is 0.306 e. The van der Waals surface area contributed by atoms with E-state index in [1.807, 2.05) is 133 Å². The summed E-state index contributed by atoms with van der Waals surface area (Å²) in [6.07, 6.45) is 9.66. The third-order valence-electron chi connectivity index (χ3n) is 11.6. The van der Waals surface area contributed by atoms with Crippen molar-refractivity contribution in [1.29, 1.82) is 0 Å². The fourth-order valence-corrected chi connectivity index (χ4v) is 8.19. The van der Waals surface area contributed by atoms with Gasteiger partial charge in [-0.15, -0.1) is 0 Å². The van der Waals surface area contributed by atoms with Gasteiger partial charge in [0.1, 0.15) is 49.4 Å². The summed E-state index contributed by atoms with van der Waals surface area (Å²) in [6.45, 7) is 4.74. The van der Waals surface area contributed by atoms with Crippen LogP contribution in [0.2, 0.25) is 0 Å². The predicted octanol–water partition coefficient (Wildman–Crippen LogP) is 13.8. The highest BCUT2D eigenvalue weighted by molar-refractivity contribution is 6.11. The van der Waals surface area contributed by atoms with Crippen molar-refractivity contribution in [2.45, 2.75) is 103 Å². The summed E-state index contributed by atoms with van der Waals surface area (Å²) in [6, 6.07) is 43.9. The lowest BCUT2D eigenvalue weighted by Gasteiger charge is -2.23. The van der Waals surface area contributed by atoms with Crippen LogP contribution in [-0.4, -0.2) is 50.6 Å². The van der Waals surface area contributed by atoms with Gasteiger partial charge in [0.15, 0.2) is 12.2 Å². The molecular formula is C56H62O8. The first-order chi connectivity index (χ1) is 31.5. The number of ether oxygens (including phenoxy) is 6. The Morgan fingerprint density at radius 3 is 1.09 bits per heavy atom. The first-order valence-corrected chi connectivity index (χ1v) is 23.3. The second-order valence-electron chi connectivity index (χ2n) is 16.5. The van der Waals surface area contributed by atoms with Crippen LogP contribution in [0.25, 0.3) is 43.1 Å². The minimum absolute atomic E-state index is 0.0719. The van der Waals surface area contributed by atoms with Crippen LogP contribution in [0.3, 0.4) is 0 Å². The molecular weight excluding hydrogens is 801 g/mol. The van der Waals surface area contributed by atoms with E-state index in [1.165, 1.54) is 0 Å². The molecule has 0 bridgehead atoms. The van der Waals surface area contributed by atoms with Crippen molar-refractivity contribution in [3.63, 3.8) is 0 Å². The summed E-state index contributed by atoms with van der Waals surface area (Å²) < 4.78 is 38.5. The Bertz CT molecular complexity index is 2340. The maximum atomic E-state index is 13.3. The Morgan fingerprint density at radius 2 is 0.703 bits per heavy atom. The summed E-state index contributed by atoms with van der Waals surface area (Å²) in [5, 5.41) is 7.44. The molecule has 0 N–H and O–H groups in total. The van der Waals surface area contributed by atoms with Crippen molar-refractivity contribution < 1.29 is 38.0 Å². The minimum Gasteiger partial charge on any atom is -0.489 e. The van der Waals surface area contributed by atoms with E-state index in [9.17, 15) is 9.59 Å². The molecule has 2 unspecified atom stereocenters. The van der Waals surface area contributed by atoms with Crippen molar-refractivity contribution in [1.82, 2.24) is 0 Å². The number of rotatable bonds is 26. The highest BCUT2D eigenvalue weighted by Crippen LogP contribution is 2.43. The van der Waals surface area contributed by atoms with Gasteiger partial charge in [0.05, 0.1) is 0 Å². The Hall–Kier alpha value is -6.28. The summed E-state index contributed by atoms with van der Waals surface area (Å²) in [5.74, 6) is 2.20. The van der Waals surface area contributed by atoms with Gasteiger partial charge >= 0.3 is 11.9 Å². The zero-order chi connectivity index (χ0) is 44.4. The molecule has 334 valence electrons. The Morgan fingerprint density at radius 1 is 0.375 bits per heavy atom. The van der Waals surface area contributed by atoms with E-state index in [0.717, 1.165) is 119 Å². The van der Waals surface area contributed by atoms with Gasteiger partial charge in [0.25, 0.3) is 0 Å². The van der Waals surface area contributed by atoms with E-state index in [4.69, 9.17) is 28.4 Å². The second-order valence-corrected chi connectivity index (χ2v) is 16.5. The number of fused-ring (bicyclic) bond motifs is 4. The fraction of sp³-hybridized carbons (Fsp3) is 0.357. The highest BCUT2D eigenvalue weighted by Gasteiger charge is 2.23. The van der Waals surface area contributed by atoms with Crippen molar-refractivity contribution in [2.75, 3.05) is 26.4 Å². The summed E-state index contributed by atoms with van der Waals surface area (Å²) in [7, 11) is 0. The molecule has 0 aliphatic heterocycles. The van der Waals surface area contributed by atoms with Gasteiger partial charge in [-0.05, 0) is 35.7 Å². The number of carbonyl (C=O) groups excluding carboxylic acids is 2. The molecule has 0 saturated carbocycles.